The lowest BCUT2D eigenvalue weighted by Gasteiger charge is -2.11. The lowest BCUT2D eigenvalue weighted by atomic mass is 10.0. The molecule has 0 unspecified atom stereocenters. The van der Waals surface area contributed by atoms with Gasteiger partial charge in [0.15, 0.2) is 0 Å². The predicted molar refractivity (Wildman–Crippen MR) is 127 cm³/mol. The molecule has 0 bridgehead atoms. The Morgan fingerprint density at radius 2 is 1.81 bits per heavy atom. The molecule has 4 rings (SSSR count). The molecule has 0 aliphatic heterocycles. The van der Waals surface area contributed by atoms with Crippen molar-refractivity contribution in [1.29, 1.82) is 0 Å². The number of aryl methyl sites for hydroxylation is 3. The molecule has 2 heterocycles. The Morgan fingerprint density at radius 3 is 2.52 bits per heavy atom. The molecule has 1 N–H and O–H groups in total. The van der Waals surface area contributed by atoms with E-state index in [4.69, 9.17) is 0 Å². The molecule has 0 saturated heterocycles. The van der Waals surface area contributed by atoms with Crippen molar-refractivity contribution >= 4 is 28.6 Å². The highest BCUT2D eigenvalue weighted by molar-refractivity contribution is 6.12. The number of nitrogens with zero attached hydrogens (tertiary/aromatic N) is 3. The minimum atomic E-state index is -0.151. The molecule has 5 nitrogen and oxygen atoms in total. The van der Waals surface area contributed by atoms with Crippen LogP contribution >= 0.6 is 0 Å². The van der Waals surface area contributed by atoms with Crippen LogP contribution in [0.3, 0.4) is 0 Å². The maximum atomic E-state index is 13.2. The van der Waals surface area contributed by atoms with Crippen molar-refractivity contribution in [2.75, 3.05) is 5.32 Å². The summed E-state index contributed by atoms with van der Waals surface area (Å²) in [5, 5.41) is 8.61. The van der Waals surface area contributed by atoms with E-state index in [1.54, 1.807) is 0 Å². The van der Waals surface area contributed by atoms with Crippen LogP contribution in [0.2, 0.25) is 0 Å². The molecule has 0 aliphatic carbocycles. The Bertz CT molecular complexity index is 1300. The fourth-order valence-corrected chi connectivity index (χ4v) is 3.80. The van der Waals surface area contributed by atoms with E-state index in [1.165, 1.54) is 0 Å². The van der Waals surface area contributed by atoms with Crippen molar-refractivity contribution in [1.82, 2.24) is 14.8 Å². The number of nitrogens with one attached hydrogen (secondary N) is 1. The summed E-state index contributed by atoms with van der Waals surface area (Å²) < 4.78 is 1.92. The first-order chi connectivity index (χ1) is 14.9. The molecule has 0 radical (unpaired) electrons. The van der Waals surface area contributed by atoms with E-state index >= 15 is 0 Å². The summed E-state index contributed by atoms with van der Waals surface area (Å²) in [6.07, 6.45) is 1.83. The van der Waals surface area contributed by atoms with Gasteiger partial charge in [-0.15, -0.1) is 0 Å². The molecule has 0 spiro atoms. The number of hydrogen-bond acceptors (Lipinski definition) is 3. The number of benzene rings is 2. The van der Waals surface area contributed by atoms with Crippen molar-refractivity contribution in [3.8, 4) is 0 Å². The number of anilines is 1. The van der Waals surface area contributed by atoms with E-state index in [0.717, 1.165) is 50.4 Å². The fourth-order valence-electron chi connectivity index (χ4n) is 3.80. The summed E-state index contributed by atoms with van der Waals surface area (Å²) in [6, 6.07) is 16.0. The van der Waals surface area contributed by atoms with Crippen LogP contribution in [-0.2, 0) is 6.54 Å². The van der Waals surface area contributed by atoms with Crippen LogP contribution in [0.1, 0.15) is 44.1 Å². The van der Waals surface area contributed by atoms with Gasteiger partial charge in [-0.05, 0) is 57.0 Å². The highest BCUT2D eigenvalue weighted by atomic mass is 16.1. The molecule has 0 atom stereocenters. The van der Waals surface area contributed by atoms with Crippen LogP contribution < -0.4 is 5.32 Å². The normalized spacial score (nSPS) is 11.0. The maximum Gasteiger partial charge on any atom is 0.256 e. The minimum Gasteiger partial charge on any atom is -0.319 e. The highest BCUT2D eigenvalue weighted by Gasteiger charge is 2.18. The first-order valence-electron chi connectivity index (χ1n) is 10.3. The fraction of sp³-hybridized carbons (Fsp3) is 0.192. The monoisotopic (exact) mass is 410 g/mol. The number of pyridine rings is 1. The van der Waals surface area contributed by atoms with Gasteiger partial charge in [-0.25, -0.2) is 0 Å². The molecule has 4 aromatic rings. The van der Waals surface area contributed by atoms with Gasteiger partial charge in [-0.1, -0.05) is 48.6 Å². The summed E-state index contributed by atoms with van der Waals surface area (Å²) in [4.78, 5) is 17.8. The summed E-state index contributed by atoms with van der Waals surface area (Å²) >= 11 is 0. The molecule has 5 heteroatoms. The number of rotatable bonds is 5. The first-order valence-corrected chi connectivity index (χ1v) is 10.3. The van der Waals surface area contributed by atoms with Crippen LogP contribution in [-0.4, -0.2) is 20.7 Å². The van der Waals surface area contributed by atoms with Crippen molar-refractivity contribution in [3.05, 3.63) is 94.4 Å². The zero-order chi connectivity index (χ0) is 22.1. The van der Waals surface area contributed by atoms with Crippen molar-refractivity contribution in [2.24, 2.45) is 0 Å². The third-order valence-corrected chi connectivity index (χ3v) is 5.50. The third kappa shape index (κ3) is 4.12. The van der Waals surface area contributed by atoms with Crippen molar-refractivity contribution in [3.63, 3.8) is 0 Å². The highest BCUT2D eigenvalue weighted by Crippen LogP contribution is 2.25. The van der Waals surface area contributed by atoms with Crippen LogP contribution in [0.5, 0.6) is 0 Å². The minimum absolute atomic E-state index is 0.151. The maximum absolute atomic E-state index is 13.2. The molecular weight excluding hydrogens is 384 g/mol. The van der Waals surface area contributed by atoms with Gasteiger partial charge in [-0.3, -0.25) is 14.5 Å². The molecule has 1 amide bonds. The average Bonchev–Trinajstić information content (AvgIpc) is 3.01. The predicted octanol–water partition coefficient (Wildman–Crippen LogP) is 5.61. The number of hydrogen-bond donors (Lipinski definition) is 1. The lowest BCUT2D eigenvalue weighted by Crippen LogP contribution is -2.14. The Hall–Kier alpha value is -3.73. The zero-order valence-corrected chi connectivity index (χ0v) is 18.4. The van der Waals surface area contributed by atoms with Crippen LogP contribution in [0, 0.1) is 27.7 Å². The summed E-state index contributed by atoms with van der Waals surface area (Å²) in [6.45, 7) is 12.2. The van der Waals surface area contributed by atoms with E-state index < -0.39 is 0 Å². The van der Waals surface area contributed by atoms with Gasteiger partial charge in [-0.2, -0.15) is 5.10 Å². The number of aromatic nitrogens is 3. The average molecular weight is 411 g/mol. The Kier molecular flexibility index (Phi) is 5.42. The van der Waals surface area contributed by atoms with Gasteiger partial charge in [0, 0.05) is 11.1 Å². The van der Waals surface area contributed by atoms with Gasteiger partial charge in [0.05, 0.1) is 34.7 Å². The largest absolute Gasteiger partial charge is 0.319 e. The third-order valence-electron chi connectivity index (χ3n) is 5.50. The lowest BCUT2D eigenvalue weighted by molar-refractivity contribution is 0.102. The molecule has 2 aromatic carbocycles. The smallest absolute Gasteiger partial charge is 0.256 e. The second-order valence-electron chi connectivity index (χ2n) is 7.94. The van der Waals surface area contributed by atoms with Gasteiger partial charge in [0.25, 0.3) is 5.91 Å². The Morgan fingerprint density at radius 1 is 1.06 bits per heavy atom. The van der Waals surface area contributed by atoms with Crippen LogP contribution in [0.25, 0.3) is 17.0 Å². The van der Waals surface area contributed by atoms with E-state index in [1.807, 2.05) is 74.9 Å². The summed E-state index contributed by atoms with van der Waals surface area (Å²) in [5.74, 6) is -0.151. The number of carbonyl (C=O) groups excluding carboxylic acids is 1. The quantitative estimate of drug-likeness (QED) is 0.465. The molecule has 156 valence electrons. The molecule has 31 heavy (non-hydrogen) atoms. The number of amides is 1. The second kappa shape index (κ2) is 8.19. The zero-order valence-electron chi connectivity index (χ0n) is 18.4. The number of fused-ring (bicyclic) bond motifs is 1. The van der Waals surface area contributed by atoms with Gasteiger partial charge in [0.2, 0.25) is 0 Å². The molecule has 0 saturated carbocycles. The number of carbonyl (C=O) groups is 1. The van der Waals surface area contributed by atoms with E-state index in [9.17, 15) is 4.79 Å². The van der Waals surface area contributed by atoms with Crippen molar-refractivity contribution < 1.29 is 4.79 Å². The van der Waals surface area contributed by atoms with Crippen LogP contribution in [0.15, 0.2) is 55.1 Å². The summed E-state index contributed by atoms with van der Waals surface area (Å²) in [5.41, 5.74) is 8.04. The summed E-state index contributed by atoms with van der Waals surface area (Å²) in [7, 11) is 0. The molecule has 0 fully saturated rings. The Balaban J connectivity index is 1.64. The van der Waals surface area contributed by atoms with Gasteiger partial charge < -0.3 is 5.32 Å². The second-order valence-corrected chi connectivity index (χ2v) is 7.94. The standard InChI is InChI=1S/C26H26N4O/c1-6-20-8-10-21(11-9-20)15-30-19(5)25(18(4)29-30)28-26(31)23-14-17(3)27-24-12-7-16(2)13-22(23)24/h6-14H,1,15H2,2-5H3,(H,28,31). The molecular formula is C26H26N4O. The topological polar surface area (TPSA) is 59.8 Å². The van der Waals surface area contributed by atoms with Gasteiger partial charge in [0.1, 0.15) is 0 Å². The van der Waals surface area contributed by atoms with Gasteiger partial charge >= 0.3 is 0 Å². The van der Waals surface area contributed by atoms with E-state index in [-0.39, 0.29) is 5.91 Å². The Labute approximate surface area is 182 Å². The van der Waals surface area contributed by atoms with Crippen molar-refractivity contribution in [2.45, 2.75) is 34.2 Å². The van der Waals surface area contributed by atoms with E-state index in [0.29, 0.717) is 12.1 Å². The molecule has 2 aromatic heterocycles. The van der Waals surface area contributed by atoms with E-state index in [2.05, 4.69) is 34.1 Å². The molecule has 0 aliphatic rings. The first kappa shape index (κ1) is 20.5. The SMILES string of the molecule is C=Cc1ccc(Cn2nc(C)c(NC(=O)c3cc(C)nc4ccc(C)cc34)c2C)cc1. The van der Waals surface area contributed by atoms with Crippen LogP contribution in [0.4, 0.5) is 5.69 Å².